The third-order valence-electron chi connectivity index (χ3n) is 2.58. The van der Waals surface area contributed by atoms with Crippen molar-refractivity contribution in [3.05, 3.63) is 58.6 Å². The molecule has 0 aliphatic carbocycles. The summed E-state index contributed by atoms with van der Waals surface area (Å²) in [5.41, 5.74) is 6.67. The van der Waals surface area contributed by atoms with E-state index in [2.05, 4.69) is 28.1 Å². The van der Waals surface area contributed by atoms with Crippen LogP contribution in [0.5, 0.6) is 5.75 Å². The van der Waals surface area contributed by atoms with Crippen LogP contribution in [-0.4, -0.2) is 12.4 Å². The first kappa shape index (κ1) is 14.4. The molecular formula is C15H16BrNOS. The predicted octanol–water partition coefficient (Wildman–Crippen LogP) is 4.08. The molecule has 0 aliphatic rings. The van der Waals surface area contributed by atoms with Crippen LogP contribution in [0.25, 0.3) is 0 Å². The molecule has 0 spiro atoms. The summed E-state index contributed by atoms with van der Waals surface area (Å²) in [6.07, 6.45) is 0. The molecule has 0 saturated heterocycles. The zero-order chi connectivity index (χ0) is 13.5. The molecule has 2 aromatic rings. The highest BCUT2D eigenvalue weighted by molar-refractivity contribution is 9.10. The fraction of sp³-hybridized carbons (Fsp3) is 0.200. The van der Waals surface area contributed by atoms with Gasteiger partial charge in [-0.2, -0.15) is 0 Å². The first-order chi connectivity index (χ1) is 9.28. The van der Waals surface area contributed by atoms with Gasteiger partial charge in [0.25, 0.3) is 0 Å². The number of thioether (sulfide) groups is 1. The molecule has 0 unspecified atom stereocenters. The lowest BCUT2D eigenvalue weighted by atomic mass is 10.2. The summed E-state index contributed by atoms with van der Waals surface area (Å²) in [4.78, 5) is 1.25. The summed E-state index contributed by atoms with van der Waals surface area (Å²) in [5, 5.41) is 0. The summed E-state index contributed by atoms with van der Waals surface area (Å²) in [7, 11) is 0. The molecule has 2 N–H and O–H groups in total. The van der Waals surface area contributed by atoms with Crippen molar-refractivity contribution in [3.63, 3.8) is 0 Å². The number of hydrogen-bond acceptors (Lipinski definition) is 3. The average Bonchev–Trinajstić information content (AvgIpc) is 2.44. The molecule has 2 nitrogen and oxygen atoms in total. The standard InChI is InChI=1S/C15H16BrNOS/c16-13-2-1-3-15(10-13)19-9-8-18-14-6-4-12(11-17)5-7-14/h1-7,10H,8-9,11,17H2. The van der Waals surface area contributed by atoms with Gasteiger partial charge in [0, 0.05) is 21.7 Å². The van der Waals surface area contributed by atoms with Gasteiger partial charge in [-0.3, -0.25) is 0 Å². The van der Waals surface area contributed by atoms with Crippen LogP contribution < -0.4 is 10.5 Å². The Bertz CT molecular complexity index is 516. The van der Waals surface area contributed by atoms with E-state index in [1.165, 1.54) is 4.90 Å². The third kappa shape index (κ3) is 4.90. The first-order valence-corrected chi connectivity index (χ1v) is 7.86. The fourth-order valence-electron chi connectivity index (χ4n) is 1.60. The Morgan fingerprint density at radius 3 is 2.58 bits per heavy atom. The highest BCUT2D eigenvalue weighted by atomic mass is 79.9. The van der Waals surface area contributed by atoms with Crippen LogP contribution in [0.2, 0.25) is 0 Å². The molecule has 0 radical (unpaired) electrons. The van der Waals surface area contributed by atoms with Crippen molar-refractivity contribution in [3.8, 4) is 5.75 Å². The van der Waals surface area contributed by atoms with Gasteiger partial charge in [-0.1, -0.05) is 34.1 Å². The molecule has 0 amide bonds. The van der Waals surface area contributed by atoms with Gasteiger partial charge in [0.1, 0.15) is 5.75 Å². The second kappa shape index (κ2) is 7.58. The zero-order valence-electron chi connectivity index (χ0n) is 10.5. The normalized spacial score (nSPS) is 10.4. The molecule has 2 rings (SSSR count). The van der Waals surface area contributed by atoms with Crippen LogP contribution >= 0.6 is 27.7 Å². The summed E-state index contributed by atoms with van der Waals surface area (Å²) >= 11 is 5.25. The summed E-state index contributed by atoms with van der Waals surface area (Å²) < 4.78 is 6.79. The fourth-order valence-corrected chi connectivity index (χ4v) is 2.94. The maximum absolute atomic E-state index is 5.68. The molecule has 4 heteroatoms. The maximum atomic E-state index is 5.68. The molecule has 100 valence electrons. The Balaban J connectivity index is 1.74. The van der Waals surface area contributed by atoms with Crippen molar-refractivity contribution in [2.24, 2.45) is 5.73 Å². The lowest BCUT2D eigenvalue weighted by Gasteiger charge is -2.07. The molecule has 0 aliphatic heterocycles. The van der Waals surface area contributed by atoms with E-state index in [0.717, 1.165) is 21.5 Å². The van der Waals surface area contributed by atoms with E-state index >= 15 is 0 Å². The van der Waals surface area contributed by atoms with Gasteiger partial charge < -0.3 is 10.5 Å². The number of hydrogen-bond donors (Lipinski definition) is 1. The molecule has 0 aromatic heterocycles. The van der Waals surface area contributed by atoms with Crippen LogP contribution in [0.15, 0.2) is 57.9 Å². The topological polar surface area (TPSA) is 35.2 Å². The molecule has 2 aromatic carbocycles. The second-order valence-electron chi connectivity index (χ2n) is 4.00. The Labute approximate surface area is 126 Å². The van der Waals surface area contributed by atoms with Gasteiger partial charge in [0.2, 0.25) is 0 Å². The van der Waals surface area contributed by atoms with Crippen molar-refractivity contribution in [1.29, 1.82) is 0 Å². The smallest absolute Gasteiger partial charge is 0.119 e. The van der Waals surface area contributed by atoms with Crippen LogP contribution in [0.4, 0.5) is 0 Å². The maximum Gasteiger partial charge on any atom is 0.119 e. The lowest BCUT2D eigenvalue weighted by Crippen LogP contribution is -2.01. The summed E-state index contributed by atoms with van der Waals surface area (Å²) in [6, 6.07) is 16.2. The van der Waals surface area contributed by atoms with E-state index in [1.807, 2.05) is 36.4 Å². The Morgan fingerprint density at radius 2 is 1.89 bits per heavy atom. The van der Waals surface area contributed by atoms with E-state index < -0.39 is 0 Å². The number of rotatable bonds is 6. The highest BCUT2D eigenvalue weighted by Crippen LogP contribution is 2.22. The first-order valence-electron chi connectivity index (χ1n) is 6.08. The van der Waals surface area contributed by atoms with Crippen LogP contribution in [0, 0.1) is 0 Å². The Hall–Kier alpha value is -0.970. The van der Waals surface area contributed by atoms with Crippen molar-refractivity contribution in [2.75, 3.05) is 12.4 Å². The molecule has 0 saturated carbocycles. The van der Waals surface area contributed by atoms with Crippen LogP contribution in [0.1, 0.15) is 5.56 Å². The van der Waals surface area contributed by atoms with Gasteiger partial charge in [0.05, 0.1) is 6.61 Å². The van der Waals surface area contributed by atoms with E-state index in [1.54, 1.807) is 11.8 Å². The van der Waals surface area contributed by atoms with Gasteiger partial charge in [-0.15, -0.1) is 11.8 Å². The quantitative estimate of drug-likeness (QED) is 0.637. The van der Waals surface area contributed by atoms with Crippen molar-refractivity contribution in [2.45, 2.75) is 11.4 Å². The lowest BCUT2D eigenvalue weighted by molar-refractivity contribution is 0.344. The minimum atomic E-state index is 0.568. The SMILES string of the molecule is NCc1ccc(OCCSc2cccc(Br)c2)cc1. The zero-order valence-corrected chi connectivity index (χ0v) is 12.9. The molecule has 0 bridgehead atoms. The minimum absolute atomic E-state index is 0.568. The largest absolute Gasteiger partial charge is 0.493 e. The number of halogens is 1. The van der Waals surface area contributed by atoms with E-state index in [-0.39, 0.29) is 0 Å². The van der Waals surface area contributed by atoms with Crippen molar-refractivity contribution in [1.82, 2.24) is 0 Å². The highest BCUT2D eigenvalue weighted by Gasteiger charge is 1.97. The minimum Gasteiger partial charge on any atom is -0.493 e. The van der Waals surface area contributed by atoms with Crippen molar-refractivity contribution < 1.29 is 4.74 Å². The monoisotopic (exact) mass is 337 g/mol. The predicted molar refractivity (Wildman–Crippen MR) is 84.7 cm³/mol. The Morgan fingerprint density at radius 1 is 1.11 bits per heavy atom. The van der Waals surface area contributed by atoms with Gasteiger partial charge in [-0.25, -0.2) is 0 Å². The molecule has 0 atom stereocenters. The second-order valence-corrected chi connectivity index (χ2v) is 6.09. The third-order valence-corrected chi connectivity index (χ3v) is 4.03. The summed E-state index contributed by atoms with van der Waals surface area (Å²) in [5.74, 6) is 1.82. The average molecular weight is 338 g/mol. The molecular weight excluding hydrogens is 322 g/mol. The van der Waals surface area contributed by atoms with E-state index in [9.17, 15) is 0 Å². The number of ether oxygens (including phenoxy) is 1. The number of nitrogens with two attached hydrogens (primary N) is 1. The molecule has 19 heavy (non-hydrogen) atoms. The summed E-state index contributed by atoms with van der Waals surface area (Å²) in [6.45, 7) is 1.26. The van der Waals surface area contributed by atoms with Gasteiger partial charge in [0.15, 0.2) is 0 Å². The van der Waals surface area contributed by atoms with Gasteiger partial charge >= 0.3 is 0 Å². The van der Waals surface area contributed by atoms with E-state index in [0.29, 0.717) is 13.2 Å². The van der Waals surface area contributed by atoms with Gasteiger partial charge in [-0.05, 0) is 35.9 Å². The molecule has 0 fully saturated rings. The van der Waals surface area contributed by atoms with Crippen LogP contribution in [0.3, 0.4) is 0 Å². The van der Waals surface area contributed by atoms with Crippen LogP contribution in [-0.2, 0) is 6.54 Å². The van der Waals surface area contributed by atoms with Crippen molar-refractivity contribution >= 4 is 27.7 Å². The molecule has 0 heterocycles. The van der Waals surface area contributed by atoms with E-state index in [4.69, 9.17) is 10.5 Å². The number of benzene rings is 2. The Kier molecular flexibility index (Phi) is 5.76.